The van der Waals surface area contributed by atoms with Crippen LogP contribution in [0.1, 0.15) is 42.0 Å². The van der Waals surface area contributed by atoms with E-state index in [-0.39, 0.29) is 6.03 Å². The van der Waals surface area contributed by atoms with Gasteiger partial charge in [-0.25, -0.2) is 9.18 Å². The SMILES string of the molecule is Cn1ncc(C2CC2)c1CNC(=O)NC1CC1(F)c1ccccc1. The Hall–Kier alpha value is -2.37. The van der Waals surface area contributed by atoms with E-state index in [1.54, 1.807) is 16.8 Å². The van der Waals surface area contributed by atoms with Gasteiger partial charge < -0.3 is 10.6 Å². The van der Waals surface area contributed by atoms with Gasteiger partial charge in [-0.2, -0.15) is 5.10 Å². The van der Waals surface area contributed by atoms with E-state index in [0.717, 1.165) is 5.69 Å². The molecule has 1 aromatic carbocycles. The summed E-state index contributed by atoms with van der Waals surface area (Å²) in [5.41, 5.74) is 1.42. The number of benzene rings is 1. The first-order valence-corrected chi connectivity index (χ1v) is 8.37. The fourth-order valence-corrected chi connectivity index (χ4v) is 3.24. The lowest BCUT2D eigenvalue weighted by molar-refractivity contribution is 0.233. The molecule has 0 aliphatic heterocycles. The summed E-state index contributed by atoms with van der Waals surface area (Å²) < 4.78 is 16.6. The van der Waals surface area contributed by atoms with Crippen molar-refractivity contribution >= 4 is 6.03 Å². The summed E-state index contributed by atoms with van der Waals surface area (Å²) in [6.07, 6.45) is 4.59. The summed E-state index contributed by atoms with van der Waals surface area (Å²) >= 11 is 0. The highest BCUT2D eigenvalue weighted by atomic mass is 19.1. The van der Waals surface area contributed by atoms with Crippen LogP contribution >= 0.6 is 0 Å². The number of carbonyl (C=O) groups is 1. The van der Waals surface area contributed by atoms with Crippen molar-refractivity contribution in [3.63, 3.8) is 0 Å². The maximum Gasteiger partial charge on any atom is 0.315 e. The van der Waals surface area contributed by atoms with Crippen molar-refractivity contribution in [3.8, 4) is 0 Å². The zero-order chi connectivity index (χ0) is 16.7. The molecule has 1 aromatic heterocycles. The lowest BCUT2D eigenvalue weighted by Crippen LogP contribution is -2.39. The Morgan fingerprint density at radius 2 is 2.12 bits per heavy atom. The molecule has 4 rings (SSSR count). The maximum absolute atomic E-state index is 14.8. The summed E-state index contributed by atoms with van der Waals surface area (Å²) in [6, 6.07) is 8.21. The number of carbonyl (C=O) groups excluding carboxylic acids is 1. The van der Waals surface area contributed by atoms with Crippen LogP contribution in [-0.2, 0) is 19.3 Å². The van der Waals surface area contributed by atoms with Crippen molar-refractivity contribution in [2.24, 2.45) is 7.05 Å². The summed E-state index contributed by atoms with van der Waals surface area (Å²) in [5.74, 6) is 0.582. The Kier molecular flexibility index (Phi) is 3.55. The van der Waals surface area contributed by atoms with E-state index < -0.39 is 11.7 Å². The number of nitrogens with one attached hydrogen (secondary N) is 2. The smallest absolute Gasteiger partial charge is 0.315 e. The van der Waals surface area contributed by atoms with Crippen LogP contribution in [0.3, 0.4) is 0 Å². The number of amides is 2. The molecule has 1 heterocycles. The Balaban J connectivity index is 1.33. The topological polar surface area (TPSA) is 59.0 Å². The van der Waals surface area contributed by atoms with Crippen molar-refractivity contribution < 1.29 is 9.18 Å². The zero-order valence-corrected chi connectivity index (χ0v) is 13.6. The van der Waals surface area contributed by atoms with Crippen LogP contribution in [-0.4, -0.2) is 21.9 Å². The van der Waals surface area contributed by atoms with E-state index in [0.29, 0.717) is 24.4 Å². The van der Waals surface area contributed by atoms with Crippen molar-refractivity contribution in [2.75, 3.05) is 0 Å². The third kappa shape index (κ3) is 2.77. The molecule has 2 saturated carbocycles. The average molecular weight is 328 g/mol. The Bertz CT molecular complexity index is 756. The fraction of sp³-hybridized carbons (Fsp3) is 0.444. The van der Waals surface area contributed by atoms with Crippen LogP contribution < -0.4 is 10.6 Å². The summed E-state index contributed by atoms with van der Waals surface area (Å²) in [5, 5.41) is 9.84. The van der Waals surface area contributed by atoms with Crippen LogP contribution in [0.5, 0.6) is 0 Å². The van der Waals surface area contributed by atoms with E-state index in [1.807, 2.05) is 31.4 Å². The molecule has 2 atom stereocenters. The molecule has 2 N–H and O–H groups in total. The summed E-state index contributed by atoms with van der Waals surface area (Å²) in [6.45, 7) is 0.408. The first kappa shape index (κ1) is 15.2. The molecule has 2 aliphatic rings. The molecule has 2 unspecified atom stereocenters. The van der Waals surface area contributed by atoms with Gasteiger partial charge in [0.05, 0.1) is 24.5 Å². The second-order valence-corrected chi connectivity index (χ2v) is 6.76. The molecule has 2 amide bonds. The van der Waals surface area contributed by atoms with Gasteiger partial charge in [0.15, 0.2) is 5.67 Å². The average Bonchev–Trinajstić information content (AvgIpc) is 3.49. The number of alkyl halides is 1. The maximum atomic E-state index is 14.8. The molecule has 2 aromatic rings. The quantitative estimate of drug-likeness (QED) is 0.887. The summed E-state index contributed by atoms with van der Waals surface area (Å²) in [4.78, 5) is 12.1. The van der Waals surface area contributed by atoms with Gasteiger partial charge in [-0.05, 0) is 29.9 Å². The zero-order valence-electron chi connectivity index (χ0n) is 13.6. The molecule has 0 saturated heterocycles. The second kappa shape index (κ2) is 5.61. The highest BCUT2D eigenvalue weighted by Crippen LogP contribution is 2.49. The Morgan fingerprint density at radius 1 is 1.38 bits per heavy atom. The van der Waals surface area contributed by atoms with Gasteiger partial charge in [0.2, 0.25) is 0 Å². The van der Waals surface area contributed by atoms with Gasteiger partial charge >= 0.3 is 6.03 Å². The van der Waals surface area contributed by atoms with Crippen LogP contribution in [0.25, 0.3) is 0 Å². The predicted octanol–water partition coefficient (Wildman–Crippen LogP) is 2.73. The molecule has 2 aliphatic carbocycles. The van der Waals surface area contributed by atoms with Gasteiger partial charge in [-0.3, -0.25) is 4.68 Å². The van der Waals surface area contributed by atoms with Gasteiger partial charge in [0.25, 0.3) is 0 Å². The van der Waals surface area contributed by atoms with Crippen LogP contribution in [0.15, 0.2) is 36.5 Å². The lowest BCUT2D eigenvalue weighted by atomic mass is 10.1. The number of halogens is 1. The number of hydrogen-bond donors (Lipinski definition) is 2. The first-order valence-electron chi connectivity index (χ1n) is 8.37. The van der Waals surface area contributed by atoms with E-state index in [9.17, 15) is 9.18 Å². The van der Waals surface area contributed by atoms with E-state index in [2.05, 4.69) is 15.7 Å². The Labute approximate surface area is 140 Å². The van der Waals surface area contributed by atoms with Crippen molar-refractivity contribution in [3.05, 3.63) is 53.3 Å². The van der Waals surface area contributed by atoms with Gasteiger partial charge in [-0.15, -0.1) is 0 Å². The molecule has 0 spiro atoms. The van der Waals surface area contributed by atoms with Gasteiger partial charge in [-0.1, -0.05) is 30.3 Å². The lowest BCUT2D eigenvalue weighted by Gasteiger charge is -2.11. The van der Waals surface area contributed by atoms with Crippen molar-refractivity contribution in [1.29, 1.82) is 0 Å². The minimum absolute atomic E-state index is 0.323. The van der Waals surface area contributed by atoms with E-state index >= 15 is 0 Å². The highest BCUT2D eigenvalue weighted by molar-refractivity contribution is 5.75. The number of hydrogen-bond acceptors (Lipinski definition) is 2. The standard InChI is InChI=1S/C18H21FN4O/c1-23-15(14(10-21-23)12-7-8-12)11-20-17(24)22-16-9-18(16,19)13-5-3-2-4-6-13/h2-6,10,12,16H,7-9,11H2,1H3,(H2,20,22,24). The molecular weight excluding hydrogens is 307 g/mol. The predicted molar refractivity (Wildman–Crippen MR) is 88.2 cm³/mol. The molecule has 0 bridgehead atoms. The molecule has 24 heavy (non-hydrogen) atoms. The minimum Gasteiger partial charge on any atom is -0.333 e. The van der Waals surface area contributed by atoms with Gasteiger partial charge in [0, 0.05) is 13.5 Å². The first-order chi connectivity index (χ1) is 11.6. The van der Waals surface area contributed by atoms with Crippen LogP contribution in [0.2, 0.25) is 0 Å². The molecule has 2 fully saturated rings. The fourth-order valence-electron chi connectivity index (χ4n) is 3.24. The van der Waals surface area contributed by atoms with Crippen LogP contribution in [0.4, 0.5) is 9.18 Å². The van der Waals surface area contributed by atoms with Gasteiger partial charge in [0.1, 0.15) is 0 Å². The number of aryl methyl sites for hydroxylation is 1. The third-order valence-corrected chi connectivity index (χ3v) is 4.98. The Morgan fingerprint density at radius 3 is 2.83 bits per heavy atom. The molecule has 6 heteroatoms. The highest BCUT2D eigenvalue weighted by Gasteiger charge is 2.57. The normalized spacial score (nSPS) is 25.3. The minimum atomic E-state index is -1.44. The second-order valence-electron chi connectivity index (χ2n) is 6.76. The third-order valence-electron chi connectivity index (χ3n) is 4.98. The van der Waals surface area contributed by atoms with E-state index in [1.165, 1.54) is 18.4 Å². The molecule has 5 nitrogen and oxygen atoms in total. The number of aromatic nitrogens is 2. The number of rotatable bonds is 5. The van der Waals surface area contributed by atoms with Crippen LogP contribution in [0, 0.1) is 0 Å². The number of nitrogens with zero attached hydrogens (tertiary/aromatic N) is 2. The largest absolute Gasteiger partial charge is 0.333 e. The number of urea groups is 1. The van der Waals surface area contributed by atoms with Crippen molar-refractivity contribution in [2.45, 2.75) is 43.4 Å². The summed E-state index contributed by atoms with van der Waals surface area (Å²) in [7, 11) is 1.88. The van der Waals surface area contributed by atoms with Crippen molar-refractivity contribution in [1.82, 2.24) is 20.4 Å². The van der Waals surface area contributed by atoms with E-state index in [4.69, 9.17) is 0 Å². The molecular formula is C18H21FN4O. The molecule has 0 radical (unpaired) electrons. The monoisotopic (exact) mass is 328 g/mol. The molecule has 126 valence electrons.